The normalized spacial score (nSPS) is 11.0. The Morgan fingerprint density at radius 1 is 1.42 bits per heavy atom. The van der Waals surface area contributed by atoms with E-state index in [-0.39, 0.29) is 0 Å². The number of hydrogen-bond donors (Lipinski definition) is 1. The van der Waals surface area contributed by atoms with Crippen LogP contribution in [0, 0.1) is 0 Å². The topological polar surface area (TPSA) is 54.7 Å². The van der Waals surface area contributed by atoms with Crippen LogP contribution in [-0.2, 0) is 0 Å². The molecule has 2 aromatic heterocycles. The summed E-state index contributed by atoms with van der Waals surface area (Å²) in [6.45, 7) is 0. The lowest BCUT2D eigenvalue weighted by Crippen LogP contribution is -1.71. The minimum atomic E-state index is 0.816. The van der Waals surface area contributed by atoms with Crippen molar-refractivity contribution in [3.63, 3.8) is 0 Å². The van der Waals surface area contributed by atoms with E-state index in [4.69, 9.17) is 0 Å². The van der Waals surface area contributed by atoms with E-state index in [1.807, 2.05) is 12.2 Å². The summed E-state index contributed by atoms with van der Waals surface area (Å²) in [5, 5.41) is 3.57. The standard InChI is InChI=1S/C8H7N3O/c1(7-5-11-12-6-7)2-8-9-3-4-10-8/h1-6H,(H,9,10). The van der Waals surface area contributed by atoms with Crippen molar-refractivity contribution in [2.45, 2.75) is 0 Å². The van der Waals surface area contributed by atoms with E-state index in [0.717, 1.165) is 11.4 Å². The predicted octanol–water partition coefficient (Wildman–Crippen LogP) is 1.57. The Labute approximate surface area is 68.9 Å². The summed E-state index contributed by atoms with van der Waals surface area (Å²) in [6, 6.07) is 0. The zero-order valence-corrected chi connectivity index (χ0v) is 6.27. The molecule has 0 radical (unpaired) electrons. The van der Waals surface area contributed by atoms with Crippen LogP contribution in [0.4, 0.5) is 0 Å². The Hall–Kier alpha value is -1.84. The number of rotatable bonds is 2. The van der Waals surface area contributed by atoms with Crippen LogP contribution in [0.25, 0.3) is 12.2 Å². The molecular weight excluding hydrogens is 154 g/mol. The number of H-pyrrole nitrogens is 1. The maximum atomic E-state index is 4.65. The van der Waals surface area contributed by atoms with Crippen LogP contribution in [0.2, 0.25) is 0 Å². The van der Waals surface area contributed by atoms with Gasteiger partial charge in [0, 0.05) is 18.0 Å². The molecule has 60 valence electrons. The van der Waals surface area contributed by atoms with Gasteiger partial charge in [-0.05, 0) is 12.2 Å². The molecule has 0 aliphatic carbocycles. The molecule has 2 aromatic rings. The molecule has 0 unspecified atom stereocenters. The van der Waals surface area contributed by atoms with Crippen molar-refractivity contribution in [2.75, 3.05) is 0 Å². The van der Waals surface area contributed by atoms with E-state index >= 15 is 0 Å². The lowest BCUT2D eigenvalue weighted by molar-refractivity contribution is 0.419. The Morgan fingerprint density at radius 2 is 2.42 bits per heavy atom. The van der Waals surface area contributed by atoms with Gasteiger partial charge in [0.1, 0.15) is 12.1 Å². The summed E-state index contributed by atoms with van der Waals surface area (Å²) < 4.78 is 4.65. The van der Waals surface area contributed by atoms with Crippen molar-refractivity contribution in [1.82, 2.24) is 15.1 Å². The fraction of sp³-hybridized carbons (Fsp3) is 0. The van der Waals surface area contributed by atoms with E-state index < -0.39 is 0 Å². The number of nitrogens with zero attached hydrogens (tertiary/aromatic N) is 2. The van der Waals surface area contributed by atoms with Crippen molar-refractivity contribution in [3.8, 4) is 0 Å². The summed E-state index contributed by atoms with van der Waals surface area (Å²) in [5.41, 5.74) is 0.923. The lowest BCUT2D eigenvalue weighted by atomic mass is 10.3. The zero-order valence-electron chi connectivity index (χ0n) is 6.27. The smallest absolute Gasteiger partial charge is 0.131 e. The molecule has 0 amide bonds. The number of nitrogens with one attached hydrogen (secondary N) is 1. The van der Waals surface area contributed by atoms with E-state index in [1.54, 1.807) is 24.9 Å². The van der Waals surface area contributed by atoms with Crippen molar-refractivity contribution in [3.05, 3.63) is 36.2 Å². The summed E-state index contributed by atoms with van der Waals surface area (Å²) >= 11 is 0. The van der Waals surface area contributed by atoms with Crippen molar-refractivity contribution < 1.29 is 4.52 Å². The number of hydrogen-bond acceptors (Lipinski definition) is 3. The van der Waals surface area contributed by atoms with E-state index in [1.165, 1.54) is 0 Å². The monoisotopic (exact) mass is 161 g/mol. The second-order valence-corrected chi connectivity index (χ2v) is 2.27. The maximum absolute atomic E-state index is 4.65. The average molecular weight is 161 g/mol. The molecule has 2 rings (SSSR count). The molecule has 4 heteroatoms. The Bertz CT molecular complexity index is 311. The van der Waals surface area contributed by atoms with Gasteiger partial charge in [0.05, 0.1) is 6.20 Å². The molecule has 0 saturated carbocycles. The van der Waals surface area contributed by atoms with Gasteiger partial charge in [0.2, 0.25) is 0 Å². The van der Waals surface area contributed by atoms with Crippen LogP contribution in [0.1, 0.15) is 11.4 Å². The summed E-state index contributed by atoms with van der Waals surface area (Å²) in [4.78, 5) is 6.97. The van der Waals surface area contributed by atoms with Crippen molar-refractivity contribution in [2.24, 2.45) is 0 Å². The van der Waals surface area contributed by atoms with Crippen molar-refractivity contribution >= 4 is 12.2 Å². The summed E-state index contributed by atoms with van der Waals surface area (Å²) in [6.07, 6.45) is 10.4. The number of aromatic amines is 1. The van der Waals surface area contributed by atoms with E-state index in [9.17, 15) is 0 Å². The van der Waals surface area contributed by atoms with Gasteiger partial charge in [0.25, 0.3) is 0 Å². The average Bonchev–Trinajstić information content (AvgIpc) is 2.74. The Morgan fingerprint density at radius 3 is 3.08 bits per heavy atom. The maximum Gasteiger partial charge on any atom is 0.131 e. The van der Waals surface area contributed by atoms with Crippen LogP contribution in [0.15, 0.2) is 29.4 Å². The van der Waals surface area contributed by atoms with E-state index in [0.29, 0.717) is 0 Å². The summed E-state index contributed by atoms with van der Waals surface area (Å²) in [7, 11) is 0. The third kappa shape index (κ3) is 1.42. The lowest BCUT2D eigenvalue weighted by Gasteiger charge is -1.80. The highest BCUT2D eigenvalue weighted by Crippen LogP contribution is 2.02. The first-order chi connectivity index (χ1) is 5.95. The molecule has 1 N–H and O–H groups in total. The highest BCUT2D eigenvalue weighted by Gasteiger charge is 1.89. The molecule has 0 bridgehead atoms. The number of aromatic nitrogens is 3. The fourth-order valence-electron chi connectivity index (χ4n) is 0.839. The second kappa shape index (κ2) is 3.04. The van der Waals surface area contributed by atoms with Crippen LogP contribution in [0.5, 0.6) is 0 Å². The first-order valence-corrected chi connectivity index (χ1v) is 3.52. The van der Waals surface area contributed by atoms with Crippen molar-refractivity contribution in [1.29, 1.82) is 0 Å². The van der Waals surface area contributed by atoms with Crippen LogP contribution < -0.4 is 0 Å². The predicted molar refractivity (Wildman–Crippen MR) is 44.0 cm³/mol. The second-order valence-electron chi connectivity index (χ2n) is 2.27. The molecule has 0 atom stereocenters. The van der Waals surface area contributed by atoms with E-state index in [2.05, 4.69) is 19.6 Å². The third-order valence-corrected chi connectivity index (χ3v) is 1.40. The van der Waals surface area contributed by atoms with Gasteiger partial charge in [0.15, 0.2) is 0 Å². The van der Waals surface area contributed by atoms with Gasteiger partial charge in [-0.15, -0.1) is 0 Å². The highest BCUT2D eigenvalue weighted by molar-refractivity contribution is 5.65. The van der Waals surface area contributed by atoms with Gasteiger partial charge in [-0.2, -0.15) is 0 Å². The molecule has 2 heterocycles. The Balaban J connectivity index is 2.14. The molecule has 0 aliphatic heterocycles. The van der Waals surface area contributed by atoms with Gasteiger partial charge in [-0.3, -0.25) is 0 Å². The fourth-order valence-corrected chi connectivity index (χ4v) is 0.839. The molecule has 0 aromatic carbocycles. The van der Waals surface area contributed by atoms with Gasteiger partial charge in [-0.25, -0.2) is 4.98 Å². The SMILES string of the molecule is C(=Cc1ncc[nH]1)c1cnoc1. The molecule has 0 fully saturated rings. The molecule has 12 heavy (non-hydrogen) atoms. The third-order valence-electron chi connectivity index (χ3n) is 1.40. The molecule has 0 spiro atoms. The minimum Gasteiger partial charge on any atom is -0.364 e. The zero-order chi connectivity index (χ0) is 8.23. The van der Waals surface area contributed by atoms with Crippen LogP contribution in [-0.4, -0.2) is 15.1 Å². The summed E-state index contributed by atoms with van der Waals surface area (Å²) in [5.74, 6) is 0.816. The highest BCUT2D eigenvalue weighted by atomic mass is 16.5. The first-order valence-electron chi connectivity index (χ1n) is 3.52. The molecule has 4 nitrogen and oxygen atoms in total. The van der Waals surface area contributed by atoms with Gasteiger partial charge >= 0.3 is 0 Å². The molecule has 0 saturated heterocycles. The van der Waals surface area contributed by atoms with Gasteiger partial charge < -0.3 is 9.51 Å². The van der Waals surface area contributed by atoms with Crippen LogP contribution >= 0.6 is 0 Å². The number of imidazole rings is 1. The van der Waals surface area contributed by atoms with Gasteiger partial charge in [-0.1, -0.05) is 5.16 Å². The minimum absolute atomic E-state index is 0.816. The Kier molecular flexibility index (Phi) is 1.74. The molecule has 0 aliphatic rings. The first kappa shape index (κ1) is 6.84. The quantitative estimate of drug-likeness (QED) is 0.727. The van der Waals surface area contributed by atoms with Crippen LogP contribution in [0.3, 0.4) is 0 Å². The largest absolute Gasteiger partial charge is 0.364 e. The molecular formula is C8H7N3O.